The van der Waals surface area contributed by atoms with E-state index in [1.807, 2.05) is 6.07 Å². The first kappa shape index (κ1) is 9.86. The molecule has 16 heavy (non-hydrogen) atoms. The standard InChI is InChI=1S/C10H6N4O2/c11-4-7-5-12-14(6-7)9-3-1-2-8(13-9)10(15)16/h1-3,5-6H,(H,15,16). The number of pyridine rings is 1. The van der Waals surface area contributed by atoms with Gasteiger partial charge < -0.3 is 5.11 Å². The van der Waals surface area contributed by atoms with Gasteiger partial charge in [-0.15, -0.1) is 0 Å². The van der Waals surface area contributed by atoms with Crippen molar-refractivity contribution < 1.29 is 9.90 Å². The molecule has 2 heterocycles. The van der Waals surface area contributed by atoms with Crippen molar-refractivity contribution in [3.05, 3.63) is 41.9 Å². The molecule has 2 aromatic heterocycles. The van der Waals surface area contributed by atoms with Crippen molar-refractivity contribution in [2.75, 3.05) is 0 Å². The minimum absolute atomic E-state index is 0.0634. The Bertz CT molecular complexity index is 583. The van der Waals surface area contributed by atoms with Crippen LogP contribution in [0.15, 0.2) is 30.6 Å². The molecule has 0 saturated heterocycles. The second-order valence-electron chi connectivity index (χ2n) is 2.97. The summed E-state index contributed by atoms with van der Waals surface area (Å²) in [5.41, 5.74) is 0.328. The molecule has 0 unspecified atom stereocenters. The molecule has 0 amide bonds. The molecule has 6 nitrogen and oxygen atoms in total. The zero-order valence-corrected chi connectivity index (χ0v) is 8.03. The van der Waals surface area contributed by atoms with Crippen LogP contribution in [0.4, 0.5) is 0 Å². The van der Waals surface area contributed by atoms with E-state index in [1.54, 1.807) is 12.1 Å². The molecule has 0 bridgehead atoms. The number of hydrogen-bond acceptors (Lipinski definition) is 4. The van der Waals surface area contributed by atoms with Gasteiger partial charge in [0.25, 0.3) is 0 Å². The normalized spacial score (nSPS) is 9.69. The first-order chi connectivity index (χ1) is 7.70. The van der Waals surface area contributed by atoms with E-state index in [4.69, 9.17) is 10.4 Å². The summed E-state index contributed by atoms with van der Waals surface area (Å²) in [5, 5.41) is 21.3. The van der Waals surface area contributed by atoms with Crippen LogP contribution in [0.25, 0.3) is 5.82 Å². The van der Waals surface area contributed by atoms with Gasteiger partial charge in [0.1, 0.15) is 6.07 Å². The first-order valence-corrected chi connectivity index (χ1v) is 4.36. The van der Waals surface area contributed by atoms with Crippen LogP contribution >= 0.6 is 0 Å². The van der Waals surface area contributed by atoms with Crippen LogP contribution in [0.2, 0.25) is 0 Å². The van der Waals surface area contributed by atoms with Gasteiger partial charge in [-0.2, -0.15) is 10.4 Å². The summed E-state index contributed by atoms with van der Waals surface area (Å²) in [7, 11) is 0. The fourth-order valence-corrected chi connectivity index (χ4v) is 1.18. The van der Waals surface area contributed by atoms with Gasteiger partial charge in [-0.1, -0.05) is 6.07 Å². The molecule has 1 N–H and O–H groups in total. The summed E-state index contributed by atoms with van der Waals surface area (Å²) in [5.74, 6) is -0.740. The average Bonchev–Trinajstić information content (AvgIpc) is 2.77. The Labute approximate surface area is 90.4 Å². The average molecular weight is 214 g/mol. The largest absolute Gasteiger partial charge is 0.477 e. The molecule has 0 radical (unpaired) electrons. The number of aromatic nitrogens is 3. The number of carboxylic acids is 1. The van der Waals surface area contributed by atoms with Crippen molar-refractivity contribution in [2.45, 2.75) is 0 Å². The molecular weight excluding hydrogens is 208 g/mol. The van der Waals surface area contributed by atoms with E-state index in [-0.39, 0.29) is 5.69 Å². The minimum Gasteiger partial charge on any atom is -0.477 e. The van der Waals surface area contributed by atoms with E-state index >= 15 is 0 Å². The zero-order chi connectivity index (χ0) is 11.5. The molecule has 2 rings (SSSR count). The van der Waals surface area contributed by atoms with Gasteiger partial charge in [-0.05, 0) is 12.1 Å². The maximum Gasteiger partial charge on any atom is 0.354 e. The minimum atomic E-state index is -1.10. The Balaban J connectivity index is 2.44. The fourth-order valence-electron chi connectivity index (χ4n) is 1.18. The second kappa shape index (κ2) is 3.82. The number of aromatic carboxylic acids is 1. The van der Waals surface area contributed by atoms with Crippen molar-refractivity contribution in [1.82, 2.24) is 14.8 Å². The number of carboxylic acid groups (broad SMARTS) is 1. The maximum absolute atomic E-state index is 10.7. The number of hydrogen-bond donors (Lipinski definition) is 1. The molecule has 0 aromatic carbocycles. The highest BCUT2D eigenvalue weighted by atomic mass is 16.4. The van der Waals surface area contributed by atoms with Gasteiger partial charge in [0.05, 0.1) is 18.0 Å². The Morgan fingerprint density at radius 2 is 2.31 bits per heavy atom. The van der Waals surface area contributed by atoms with Crippen LogP contribution in [0.3, 0.4) is 0 Å². The van der Waals surface area contributed by atoms with Crippen LogP contribution < -0.4 is 0 Å². The fraction of sp³-hybridized carbons (Fsp3) is 0. The lowest BCUT2D eigenvalue weighted by Gasteiger charge is -2.00. The summed E-state index contributed by atoms with van der Waals surface area (Å²) in [4.78, 5) is 14.6. The lowest BCUT2D eigenvalue weighted by molar-refractivity contribution is 0.0690. The smallest absolute Gasteiger partial charge is 0.354 e. The number of rotatable bonds is 2. The van der Waals surface area contributed by atoms with E-state index < -0.39 is 5.97 Å². The molecule has 6 heteroatoms. The quantitative estimate of drug-likeness (QED) is 0.799. The highest BCUT2D eigenvalue weighted by Gasteiger charge is 2.07. The summed E-state index contributed by atoms with van der Waals surface area (Å²) in [6, 6.07) is 6.50. The molecule has 0 atom stereocenters. The molecule has 78 valence electrons. The lowest BCUT2D eigenvalue weighted by Crippen LogP contribution is -2.04. The van der Waals surface area contributed by atoms with Gasteiger partial charge in [0.2, 0.25) is 0 Å². The van der Waals surface area contributed by atoms with Crippen molar-refractivity contribution in [3.8, 4) is 11.9 Å². The predicted molar refractivity (Wildman–Crippen MR) is 53.0 cm³/mol. The molecule has 0 saturated carbocycles. The maximum atomic E-state index is 10.7. The van der Waals surface area contributed by atoms with E-state index in [1.165, 1.54) is 23.1 Å². The number of carbonyl (C=O) groups is 1. The van der Waals surface area contributed by atoms with Gasteiger partial charge in [-0.25, -0.2) is 14.5 Å². The Kier molecular flexibility index (Phi) is 2.36. The molecule has 0 aliphatic heterocycles. The molecule has 0 fully saturated rings. The van der Waals surface area contributed by atoms with Crippen LogP contribution in [-0.2, 0) is 0 Å². The predicted octanol–water partition coefficient (Wildman–Crippen LogP) is 0.837. The highest BCUT2D eigenvalue weighted by molar-refractivity contribution is 5.85. The molecule has 2 aromatic rings. The monoisotopic (exact) mass is 214 g/mol. The third-order valence-electron chi connectivity index (χ3n) is 1.90. The molecule has 0 aliphatic rings. The summed E-state index contributed by atoms with van der Waals surface area (Å²) >= 11 is 0. The van der Waals surface area contributed by atoms with Crippen LogP contribution in [0.1, 0.15) is 16.1 Å². The van der Waals surface area contributed by atoms with E-state index in [9.17, 15) is 4.79 Å². The van der Waals surface area contributed by atoms with Gasteiger partial charge in [0, 0.05) is 0 Å². The van der Waals surface area contributed by atoms with Crippen molar-refractivity contribution >= 4 is 5.97 Å². The van der Waals surface area contributed by atoms with E-state index in [0.717, 1.165) is 0 Å². The Hall–Kier alpha value is -2.68. The zero-order valence-electron chi connectivity index (χ0n) is 8.03. The van der Waals surface area contributed by atoms with Crippen LogP contribution in [0, 0.1) is 11.3 Å². The van der Waals surface area contributed by atoms with Crippen LogP contribution in [0.5, 0.6) is 0 Å². The highest BCUT2D eigenvalue weighted by Crippen LogP contribution is 2.06. The van der Waals surface area contributed by atoms with Gasteiger partial charge in [-0.3, -0.25) is 0 Å². The van der Waals surface area contributed by atoms with Gasteiger partial charge >= 0.3 is 5.97 Å². The lowest BCUT2D eigenvalue weighted by atomic mass is 10.3. The van der Waals surface area contributed by atoms with E-state index in [2.05, 4.69) is 10.1 Å². The SMILES string of the molecule is N#Cc1cnn(-c2cccc(C(=O)O)n2)c1. The number of nitrogens with zero attached hydrogens (tertiary/aromatic N) is 4. The summed E-state index contributed by atoms with van der Waals surface area (Å²) < 4.78 is 1.35. The third kappa shape index (κ3) is 1.74. The van der Waals surface area contributed by atoms with Crippen LogP contribution in [-0.4, -0.2) is 25.8 Å². The second-order valence-corrected chi connectivity index (χ2v) is 2.97. The first-order valence-electron chi connectivity index (χ1n) is 4.36. The topological polar surface area (TPSA) is 91.8 Å². The Morgan fingerprint density at radius 1 is 1.50 bits per heavy atom. The van der Waals surface area contributed by atoms with E-state index in [0.29, 0.717) is 11.4 Å². The van der Waals surface area contributed by atoms with Crippen molar-refractivity contribution in [2.24, 2.45) is 0 Å². The molecule has 0 spiro atoms. The summed E-state index contributed by atoms with van der Waals surface area (Å²) in [6.07, 6.45) is 2.86. The Morgan fingerprint density at radius 3 is 2.94 bits per heavy atom. The van der Waals surface area contributed by atoms with Crippen molar-refractivity contribution in [1.29, 1.82) is 5.26 Å². The summed E-state index contributed by atoms with van der Waals surface area (Å²) in [6.45, 7) is 0. The molecular formula is C10H6N4O2. The van der Waals surface area contributed by atoms with Crippen molar-refractivity contribution in [3.63, 3.8) is 0 Å². The van der Waals surface area contributed by atoms with Gasteiger partial charge in [0.15, 0.2) is 11.5 Å². The third-order valence-corrected chi connectivity index (χ3v) is 1.90. The number of nitriles is 1. The molecule has 0 aliphatic carbocycles.